The van der Waals surface area contributed by atoms with Crippen LogP contribution in [0.5, 0.6) is 0 Å². The van der Waals surface area contributed by atoms with Crippen molar-refractivity contribution in [2.75, 3.05) is 29.2 Å². The Kier molecular flexibility index (Phi) is 4.38. The Morgan fingerprint density at radius 1 is 1.74 bits per heavy atom. The van der Waals surface area contributed by atoms with Crippen molar-refractivity contribution in [1.29, 1.82) is 0 Å². The fourth-order valence-electron chi connectivity index (χ4n) is 1.96. The SMILES string of the molecule is CCC1CN(c2nc(NN)ncc2[N+](=O)[O-])CCS1. The Hall–Kier alpha value is -1.61. The lowest BCUT2D eigenvalue weighted by Crippen LogP contribution is -2.38. The van der Waals surface area contributed by atoms with Crippen molar-refractivity contribution in [2.45, 2.75) is 18.6 Å². The zero-order valence-electron chi connectivity index (χ0n) is 10.6. The molecule has 1 unspecified atom stereocenters. The van der Waals surface area contributed by atoms with E-state index in [1.54, 1.807) is 0 Å². The van der Waals surface area contributed by atoms with Crippen molar-refractivity contribution in [3.8, 4) is 0 Å². The topological polar surface area (TPSA) is 110 Å². The van der Waals surface area contributed by atoms with Crippen LogP contribution in [0.1, 0.15) is 13.3 Å². The van der Waals surface area contributed by atoms with Crippen molar-refractivity contribution < 1.29 is 4.92 Å². The molecule has 1 aliphatic rings. The molecule has 8 nitrogen and oxygen atoms in total. The highest BCUT2D eigenvalue weighted by atomic mass is 32.2. The first kappa shape index (κ1) is 13.8. The molecule has 1 fully saturated rings. The van der Waals surface area contributed by atoms with Gasteiger partial charge in [0.2, 0.25) is 11.8 Å². The van der Waals surface area contributed by atoms with Crippen LogP contribution in [0.2, 0.25) is 0 Å². The normalized spacial score (nSPS) is 19.3. The van der Waals surface area contributed by atoms with E-state index in [2.05, 4.69) is 22.3 Å². The molecule has 19 heavy (non-hydrogen) atoms. The molecular formula is C10H16N6O2S. The van der Waals surface area contributed by atoms with E-state index >= 15 is 0 Å². The molecule has 1 aromatic rings. The number of hydrogen-bond acceptors (Lipinski definition) is 8. The first-order chi connectivity index (χ1) is 9.15. The van der Waals surface area contributed by atoms with Crippen molar-refractivity contribution in [3.05, 3.63) is 16.3 Å². The lowest BCUT2D eigenvalue weighted by Gasteiger charge is -2.32. The van der Waals surface area contributed by atoms with Gasteiger partial charge in [0.1, 0.15) is 6.20 Å². The summed E-state index contributed by atoms with van der Waals surface area (Å²) in [7, 11) is 0. The molecule has 1 atom stereocenters. The maximum atomic E-state index is 11.1. The molecule has 0 radical (unpaired) electrons. The van der Waals surface area contributed by atoms with E-state index in [0.29, 0.717) is 11.1 Å². The van der Waals surface area contributed by atoms with Crippen LogP contribution in [0.3, 0.4) is 0 Å². The van der Waals surface area contributed by atoms with Crippen LogP contribution in [-0.2, 0) is 0 Å². The second kappa shape index (κ2) is 6.02. The van der Waals surface area contributed by atoms with Gasteiger partial charge in [-0.1, -0.05) is 6.92 Å². The number of thioether (sulfide) groups is 1. The number of nitrogens with one attached hydrogen (secondary N) is 1. The van der Waals surface area contributed by atoms with Gasteiger partial charge in [-0.05, 0) is 6.42 Å². The third-order valence-corrected chi connectivity index (χ3v) is 4.34. The summed E-state index contributed by atoms with van der Waals surface area (Å²) in [5, 5.41) is 11.5. The predicted molar refractivity (Wildman–Crippen MR) is 75.2 cm³/mol. The summed E-state index contributed by atoms with van der Waals surface area (Å²) in [6.07, 6.45) is 2.22. The summed E-state index contributed by atoms with van der Waals surface area (Å²) in [6.45, 7) is 3.61. The third kappa shape index (κ3) is 3.04. The number of anilines is 2. The largest absolute Gasteiger partial charge is 0.349 e. The molecule has 1 aliphatic heterocycles. The molecular weight excluding hydrogens is 268 g/mol. The summed E-state index contributed by atoms with van der Waals surface area (Å²) in [4.78, 5) is 20.5. The van der Waals surface area contributed by atoms with Gasteiger partial charge in [0.25, 0.3) is 0 Å². The molecule has 104 valence electrons. The number of nitro groups is 1. The zero-order valence-corrected chi connectivity index (χ0v) is 11.4. The number of hydrogen-bond donors (Lipinski definition) is 2. The number of nitrogens with zero attached hydrogens (tertiary/aromatic N) is 4. The highest BCUT2D eigenvalue weighted by Gasteiger charge is 2.27. The van der Waals surface area contributed by atoms with E-state index in [-0.39, 0.29) is 11.6 Å². The fraction of sp³-hybridized carbons (Fsp3) is 0.600. The number of rotatable bonds is 4. The van der Waals surface area contributed by atoms with Crippen LogP contribution in [0, 0.1) is 10.1 Å². The molecule has 2 heterocycles. The highest BCUT2D eigenvalue weighted by molar-refractivity contribution is 8.00. The van der Waals surface area contributed by atoms with Crippen molar-refractivity contribution in [3.63, 3.8) is 0 Å². The maximum Gasteiger partial charge on any atom is 0.329 e. The van der Waals surface area contributed by atoms with Crippen LogP contribution in [0.15, 0.2) is 6.20 Å². The Labute approximate surface area is 114 Å². The lowest BCUT2D eigenvalue weighted by atomic mass is 10.3. The van der Waals surface area contributed by atoms with Crippen LogP contribution in [0.4, 0.5) is 17.5 Å². The number of aromatic nitrogens is 2. The van der Waals surface area contributed by atoms with Crippen LogP contribution in [-0.4, -0.2) is 39.0 Å². The first-order valence-corrected chi connectivity index (χ1v) is 7.05. The van der Waals surface area contributed by atoms with Gasteiger partial charge in [0.05, 0.1) is 4.92 Å². The van der Waals surface area contributed by atoms with Gasteiger partial charge >= 0.3 is 5.69 Å². The Morgan fingerprint density at radius 2 is 2.53 bits per heavy atom. The first-order valence-electron chi connectivity index (χ1n) is 6.00. The molecule has 0 amide bonds. The Balaban J connectivity index is 2.32. The van der Waals surface area contributed by atoms with Crippen molar-refractivity contribution in [1.82, 2.24) is 9.97 Å². The average molecular weight is 284 g/mol. The number of hydrazine groups is 1. The van der Waals surface area contributed by atoms with Crippen LogP contribution >= 0.6 is 11.8 Å². The molecule has 0 spiro atoms. The molecule has 9 heteroatoms. The maximum absolute atomic E-state index is 11.1. The molecule has 3 N–H and O–H groups in total. The summed E-state index contributed by atoms with van der Waals surface area (Å²) in [5.74, 6) is 6.72. The monoisotopic (exact) mass is 284 g/mol. The van der Waals surface area contributed by atoms with Gasteiger partial charge in [-0.2, -0.15) is 16.7 Å². The van der Waals surface area contributed by atoms with E-state index in [1.165, 1.54) is 6.20 Å². The Bertz CT molecular complexity index is 471. The molecule has 2 rings (SSSR count). The van der Waals surface area contributed by atoms with E-state index in [4.69, 9.17) is 5.84 Å². The second-order valence-electron chi connectivity index (χ2n) is 4.15. The van der Waals surface area contributed by atoms with E-state index in [1.807, 2.05) is 16.7 Å². The van der Waals surface area contributed by atoms with E-state index in [9.17, 15) is 10.1 Å². The average Bonchev–Trinajstić information content (AvgIpc) is 2.46. The fourth-order valence-corrected chi connectivity index (χ4v) is 3.14. The summed E-state index contributed by atoms with van der Waals surface area (Å²) >= 11 is 1.89. The van der Waals surface area contributed by atoms with Gasteiger partial charge in [-0.15, -0.1) is 0 Å². The quantitative estimate of drug-likeness (QED) is 0.478. The molecule has 1 saturated heterocycles. The standard InChI is InChI=1S/C10H16N6O2S/c1-2-7-6-15(3-4-19-7)9-8(16(17)18)5-12-10(13-9)14-11/h5,7H,2-4,6,11H2,1H3,(H,12,13,14). The molecule has 0 saturated carbocycles. The van der Waals surface area contributed by atoms with Crippen LogP contribution in [0.25, 0.3) is 0 Å². The van der Waals surface area contributed by atoms with Gasteiger partial charge < -0.3 is 4.90 Å². The van der Waals surface area contributed by atoms with Gasteiger partial charge in [-0.25, -0.2) is 10.8 Å². The lowest BCUT2D eigenvalue weighted by molar-refractivity contribution is -0.384. The number of nitrogen functional groups attached to an aromatic ring is 1. The Morgan fingerprint density at radius 3 is 3.16 bits per heavy atom. The molecule has 1 aromatic heterocycles. The minimum Gasteiger partial charge on any atom is -0.349 e. The summed E-state index contributed by atoms with van der Waals surface area (Å²) < 4.78 is 0. The van der Waals surface area contributed by atoms with Crippen molar-refractivity contribution in [2.24, 2.45) is 5.84 Å². The van der Waals surface area contributed by atoms with Gasteiger partial charge in [0.15, 0.2) is 0 Å². The zero-order chi connectivity index (χ0) is 13.8. The minimum absolute atomic E-state index is 0.0826. The van der Waals surface area contributed by atoms with E-state index < -0.39 is 4.92 Å². The summed E-state index contributed by atoms with van der Waals surface area (Å²) in [6, 6.07) is 0. The molecule has 0 aliphatic carbocycles. The number of nitrogens with two attached hydrogens (primary N) is 1. The third-order valence-electron chi connectivity index (χ3n) is 2.97. The van der Waals surface area contributed by atoms with Gasteiger partial charge in [0, 0.05) is 24.1 Å². The summed E-state index contributed by atoms with van der Waals surface area (Å²) in [5.41, 5.74) is 2.24. The smallest absolute Gasteiger partial charge is 0.329 e. The predicted octanol–water partition coefficient (Wildman–Crippen LogP) is 1.00. The molecule has 0 aromatic carbocycles. The molecule has 0 bridgehead atoms. The van der Waals surface area contributed by atoms with E-state index in [0.717, 1.165) is 25.3 Å². The minimum atomic E-state index is -0.460. The van der Waals surface area contributed by atoms with Crippen molar-refractivity contribution >= 4 is 29.2 Å². The van der Waals surface area contributed by atoms with Crippen LogP contribution < -0.4 is 16.2 Å². The highest BCUT2D eigenvalue weighted by Crippen LogP contribution is 2.30. The second-order valence-corrected chi connectivity index (χ2v) is 5.56. The van der Waals surface area contributed by atoms with Gasteiger partial charge in [-0.3, -0.25) is 15.5 Å².